The number of hydrogen-bond donors (Lipinski definition) is 2. The topological polar surface area (TPSA) is 110 Å². The van der Waals surface area contributed by atoms with Gasteiger partial charge < -0.3 is 19.7 Å². The Morgan fingerprint density at radius 3 is 1.69 bits per heavy atom. The third kappa shape index (κ3) is 10.3. The Hall–Kier alpha value is -1.79. The van der Waals surface area contributed by atoms with Gasteiger partial charge in [-0.15, -0.1) is 0 Å². The molecule has 0 amide bonds. The fourth-order valence-electron chi connectivity index (χ4n) is 0.771. The maximum Gasteiger partial charge on any atom is 0.508 e. The molecule has 1 fully saturated rings. The van der Waals surface area contributed by atoms with E-state index in [-0.39, 0.29) is 12.8 Å². The van der Waals surface area contributed by atoms with E-state index in [0.29, 0.717) is 13.2 Å². The molecule has 0 aromatic heterocycles. The first kappa shape index (κ1) is 14.2. The summed E-state index contributed by atoms with van der Waals surface area (Å²) in [6.45, 7) is 1.03. The number of rotatable bonds is 3. The molecule has 0 unspecified atom stereocenters. The maximum absolute atomic E-state index is 10.2. The monoisotopic (exact) mass is 234 g/mol. The van der Waals surface area contributed by atoms with Crippen molar-refractivity contribution in [3.63, 3.8) is 0 Å². The number of carbonyl (C=O) groups excluding carboxylic acids is 1. The van der Waals surface area contributed by atoms with Crippen LogP contribution in [0, 0.1) is 0 Å². The fourth-order valence-corrected chi connectivity index (χ4v) is 0.771. The lowest BCUT2D eigenvalue weighted by molar-refractivity contribution is -0.143. The second kappa shape index (κ2) is 8.51. The molecule has 0 saturated carbocycles. The molecule has 0 radical (unpaired) electrons. The van der Waals surface area contributed by atoms with Gasteiger partial charge in [-0.2, -0.15) is 0 Å². The van der Waals surface area contributed by atoms with Crippen LogP contribution >= 0.6 is 0 Å². The zero-order valence-electron chi connectivity index (χ0n) is 8.68. The zero-order chi connectivity index (χ0) is 12.4. The molecule has 16 heavy (non-hydrogen) atoms. The van der Waals surface area contributed by atoms with E-state index in [1.54, 1.807) is 0 Å². The summed E-state index contributed by atoms with van der Waals surface area (Å²) < 4.78 is 9.08. The molecule has 2 N–H and O–H groups in total. The van der Waals surface area contributed by atoms with Gasteiger partial charge in [-0.05, 0) is 12.8 Å². The molecule has 1 heterocycles. The summed E-state index contributed by atoms with van der Waals surface area (Å²) in [5.41, 5.74) is 0. The van der Waals surface area contributed by atoms with Crippen molar-refractivity contribution in [2.24, 2.45) is 0 Å². The molecule has 0 bridgehead atoms. The molecule has 1 aliphatic heterocycles. The third-order valence-electron chi connectivity index (χ3n) is 1.53. The average Bonchev–Trinajstić information content (AvgIpc) is 2.44. The first-order valence-corrected chi connectivity index (χ1v) is 4.75. The lowest BCUT2D eigenvalue weighted by atomic mass is 10.3. The van der Waals surface area contributed by atoms with Crippen molar-refractivity contribution in [2.75, 3.05) is 13.2 Å². The van der Waals surface area contributed by atoms with E-state index >= 15 is 0 Å². The van der Waals surface area contributed by atoms with Crippen LogP contribution in [0.25, 0.3) is 0 Å². The number of carbonyl (C=O) groups is 3. The number of ether oxygens (including phenoxy) is 2. The minimum Gasteiger partial charge on any atom is -0.481 e. The number of cyclic esters (lactones) is 2. The highest BCUT2D eigenvalue weighted by molar-refractivity contribution is 5.75. The molecule has 1 aliphatic rings. The summed E-state index contributed by atoms with van der Waals surface area (Å²) in [4.78, 5) is 29.5. The highest BCUT2D eigenvalue weighted by Gasteiger charge is 2.06. The van der Waals surface area contributed by atoms with E-state index in [9.17, 15) is 14.4 Å². The average molecular weight is 234 g/mol. The van der Waals surface area contributed by atoms with Crippen LogP contribution in [0.1, 0.15) is 25.7 Å². The number of aliphatic carboxylic acids is 2. The molecule has 0 atom stereocenters. The van der Waals surface area contributed by atoms with Crippen LogP contribution in [0.2, 0.25) is 0 Å². The van der Waals surface area contributed by atoms with Crippen LogP contribution in [0.15, 0.2) is 0 Å². The van der Waals surface area contributed by atoms with Crippen LogP contribution in [0.5, 0.6) is 0 Å². The van der Waals surface area contributed by atoms with Gasteiger partial charge in [0, 0.05) is 0 Å². The number of carboxylic acid groups (broad SMARTS) is 2. The molecule has 92 valence electrons. The molecule has 1 saturated heterocycles. The lowest BCUT2D eigenvalue weighted by Crippen LogP contribution is -2.02. The van der Waals surface area contributed by atoms with E-state index in [0.717, 1.165) is 12.8 Å². The van der Waals surface area contributed by atoms with Crippen LogP contribution < -0.4 is 0 Å². The van der Waals surface area contributed by atoms with Gasteiger partial charge in [0.25, 0.3) is 0 Å². The van der Waals surface area contributed by atoms with Crippen molar-refractivity contribution < 1.29 is 34.1 Å². The van der Waals surface area contributed by atoms with E-state index in [1.165, 1.54) is 0 Å². The second-order valence-corrected chi connectivity index (χ2v) is 2.94. The second-order valence-electron chi connectivity index (χ2n) is 2.94. The standard InChI is InChI=1S/C5H8O3.C4H6O4/c6-5-7-3-1-2-4-8-5;5-3(6)1-2-4(7)8/h1-4H2;1-2H2,(H,5,6)(H,7,8). The summed E-state index contributed by atoms with van der Waals surface area (Å²) >= 11 is 0. The molecule has 0 spiro atoms. The van der Waals surface area contributed by atoms with Gasteiger partial charge in [-0.25, -0.2) is 4.79 Å². The van der Waals surface area contributed by atoms with Crippen molar-refractivity contribution in [1.82, 2.24) is 0 Å². The van der Waals surface area contributed by atoms with Gasteiger partial charge >= 0.3 is 18.1 Å². The normalized spacial score (nSPS) is 14.6. The van der Waals surface area contributed by atoms with Crippen molar-refractivity contribution in [2.45, 2.75) is 25.7 Å². The predicted molar refractivity (Wildman–Crippen MR) is 51.0 cm³/mol. The van der Waals surface area contributed by atoms with E-state index in [2.05, 4.69) is 9.47 Å². The Labute approximate surface area is 92.0 Å². The van der Waals surface area contributed by atoms with Gasteiger partial charge in [0.05, 0.1) is 26.1 Å². The highest BCUT2D eigenvalue weighted by atomic mass is 16.7. The third-order valence-corrected chi connectivity index (χ3v) is 1.53. The largest absolute Gasteiger partial charge is 0.508 e. The van der Waals surface area contributed by atoms with Gasteiger partial charge in [0.15, 0.2) is 0 Å². The fraction of sp³-hybridized carbons (Fsp3) is 0.667. The highest BCUT2D eigenvalue weighted by Crippen LogP contribution is 1.99. The van der Waals surface area contributed by atoms with Crippen molar-refractivity contribution >= 4 is 18.1 Å². The minimum absolute atomic E-state index is 0.296. The van der Waals surface area contributed by atoms with Gasteiger partial charge in [-0.1, -0.05) is 0 Å². The van der Waals surface area contributed by atoms with E-state index in [4.69, 9.17) is 10.2 Å². The molecule has 7 nitrogen and oxygen atoms in total. The quantitative estimate of drug-likeness (QED) is 0.697. The van der Waals surface area contributed by atoms with Crippen LogP contribution in [0.3, 0.4) is 0 Å². The number of hydrogen-bond acceptors (Lipinski definition) is 5. The first-order valence-electron chi connectivity index (χ1n) is 4.75. The SMILES string of the molecule is O=C(O)CCC(=O)O.O=C1OCCCCO1. The summed E-state index contributed by atoms with van der Waals surface area (Å²) in [5.74, 6) is -2.15. The molecular weight excluding hydrogens is 220 g/mol. The Morgan fingerprint density at radius 2 is 1.38 bits per heavy atom. The van der Waals surface area contributed by atoms with Crippen molar-refractivity contribution in [3.8, 4) is 0 Å². The minimum atomic E-state index is -1.08. The maximum atomic E-state index is 10.2. The van der Waals surface area contributed by atoms with Gasteiger partial charge in [-0.3, -0.25) is 9.59 Å². The van der Waals surface area contributed by atoms with Gasteiger partial charge in [0.1, 0.15) is 0 Å². The Bertz CT molecular complexity index is 224. The molecule has 0 aromatic rings. The van der Waals surface area contributed by atoms with Gasteiger partial charge in [0.2, 0.25) is 0 Å². The van der Waals surface area contributed by atoms with Crippen LogP contribution in [-0.2, 0) is 19.1 Å². The summed E-state index contributed by atoms with van der Waals surface area (Å²) in [5, 5.41) is 15.8. The van der Waals surface area contributed by atoms with E-state index in [1.807, 2.05) is 0 Å². The molecule has 1 rings (SSSR count). The van der Waals surface area contributed by atoms with Crippen molar-refractivity contribution in [1.29, 1.82) is 0 Å². The van der Waals surface area contributed by atoms with Crippen molar-refractivity contribution in [3.05, 3.63) is 0 Å². The smallest absolute Gasteiger partial charge is 0.481 e. The van der Waals surface area contributed by atoms with Crippen LogP contribution in [-0.4, -0.2) is 41.5 Å². The molecular formula is C9H14O7. The summed E-state index contributed by atoms with van der Waals surface area (Å²) in [6, 6.07) is 0. The molecule has 0 aromatic carbocycles. The Morgan fingerprint density at radius 1 is 1.00 bits per heavy atom. The Balaban J connectivity index is 0.000000281. The predicted octanol–water partition coefficient (Wildman–Crippen LogP) is 0.869. The van der Waals surface area contributed by atoms with Crippen LogP contribution in [0.4, 0.5) is 4.79 Å². The molecule has 7 heteroatoms. The summed E-state index contributed by atoms with van der Waals surface area (Å²) in [7, 11) is 0. The number of carboxylic acids is 2. The zero-order valence-corrected chi connectivity index (χ0v) is 8.68. The first-order chi connectivity index (χ1) is 7.52. The summed E-state index contributed by atoms with van der Waals surface area (Å²) in [6.07, 6.45) is 0.727. The Kier molecular flexibility index (Phi) is 7.56. The lowest BCUT2D eigenvalue weighted by Gasteiger charge is -1.94. The van der Waals surface area contributed by atoms with E-state index < -0.39 is 18.1 Å². The molecule has 0 aliphatic carbocycles.